The molecule has 0 bridgehead atoms. The predicted octanol–water partition coefficient (Wildman–Crippen LogP) is 3.68. The molecule has 0 radical (unpaired) electrons. The van der Waals surface area contributed by atoms with E-state index in [-0.39, 0.29) is 5.91 Å². The number of carbonyl (C=O) groups is 1. The fourth-order valence-electron chi connectivity index (χ4n) is 1.66. The second-order valence-corrected chi connectivity index (χ2v) is 4.66. The molecule has 0 atom stereocenters. The Hall–Kier alpha value is -2.20. The van der Waals surface area contributed by atoms with E-state index in [0.29, 0.717) is 18.0 Å². The lowest BCUT2D eigenvalue weighted by atomic mass is 10.2. The molecule has 0 aromatic heterocycles. The summed E-state index contributed by atoms with van der Waals surface area (Å²) in [7, 11) is 0. The molecular formula is C16H15NO2S. The third-order valence-corrected chi connectivity index (χ3v) is 2.92. The van der Waals surface area contributed by atoms with Crippen LogP contribution >= 0.6 is 12.6 Å². The summed E-state index contributed by atoms with van der Waals surface area (Å²) in [4.78, 5) is 12.2. The van der Waals surface area contributed by atoms with Gasteiger partial charge in [-0.25, -0.2) is 0 Å². The summed E-state index contributed by atoms with van der Waals surface area (Å²) in [5, 5.41) is 2.71. The summed E-state index contributed by atoms with van der Waals surface area (Å²) in [5.41, 5.74) is 1.64. The van der Waals surface area contributed by atoms with Crippen molar-refractivity contribution in [3.63, 3.8) is 0 Å². The molecule has 2 rings (SSSR count). The van der Waals surface area contributed by atoms with Gasteiger partial charge < -0.3 is 10.1 Å². The number of ether oxygens (including phenoxy) is 1. The van der Waals surface area contributed by atoms with Crippen molar-refractivity contribution in [3.05, 3.63) is 66.7 Å². The van der Waals surface area contributed by atoms with Gasteiger partial charge in [0, 0.05) is 4.90 Å². The molecule has 102 valence electrons. The molecule has 1 N–H and O–H groups in total. The smallest absolute Gasteiger partial charge is 0.247 e. The van der Waals surface area contributed by atoms with E-state index in [0.717, 1.165) is 10.5 Å². The Bertz CT molecular complexity index is 611. The maximum atomic E-state index is 11.4. The molecule has 0 spiro atoms. The lowest BCUT2D eigenvalue weighted by Crippen LogP contribution is -2.09. The SMILES string of the molecule is C=CC(=O)Nc1cc(S)ccc1OCc1ccccc1. The molecular weight excluding hydrogens is 270 g/mol. The van der Waals surface area contributed by atoms with Gasteiger partial charge in [-0.05, 0) is 29.8 Å². The number of anilines is 1. The molecule has 0 saturated heterocycles. The molecule has 0 aliphatic rings. The van der Waals surface area contributed by atoms with Crippen molar-refractivity contribution in [1.29, 1.82) is 0 Å². The van der Waals surface area contributed by atoms with E-state index in [9.17, 15) is 4.79 Å². The van der Waals surface area contributed by atoms with Crippen LogP contribution in [0, 0.1) is 0 Å². The molecule has 0 unspecified atom stereocenters. The highest BCUT2D eigenvalue weighted by Gasteiger charge is 2.07. The first kappa shape index (κ1) is 14.2. The maximum absolute atomic E-state index is 11.4. The Morgan fingerprint density at radius 2 is 2.00 bits per heavy atom. The summed E-state index contributed by atoms with van der Waals surface area (Å²) in [6.45, 7) is 3.86. The zero-order valence-electron chi connectivity index (χ0n) is 10.9. The Kier molecular flexibility index (Phi) is 4.85. The molecule has 4 heteroatoms. The van der Waals surface area contributed by atoms with Crippen molar-refractivity contribution >= 4 is 24.2 Å². The average molecular weight is 285 g/mol. The maximum Gasteiger partial charge on any atom is 0.247 e. The van der Waals surface area contributed by atoms with Crippen LogP contribution < -0.4 is 10.1 Å². The lowest BCUT2D eigenvalue weighted by Gasteiger charge is -2.12. The van der Waals surface area contributed by atoms with E-state index < -0.39 is 0 Å². The summed E-state index contributed by atoms with van der Waals surface area (Å²) in [5.74, 6) is 0.315. The molecule has 20 heavy (non-hydrogen) atoms. The van der Waals surface area contributed by atoms with E-state index in [1.54, 1.807) is 12.1 Å². The zero-order chi connectivity index (χ0) is 14.4. The molecule has 2 aromatic rings. The third-order valence-electron chi connectivity index (χ3n) is 2.64. The van der Waals surface area contributed by atoms with Gasteiger partial charge in [0.25, 0.3) is 0 Å². The molecule has 0 fully saturated rings. The summed E-state index contributed by atoms with van der Waals surface area (Å²) in [6.07, 6.45) is 1.21. The number of hydrogen-bond donors (Lipinski definition) is 2. The molecule has 0 heterocycles. The standard InChI is InChI=1S/C16H15NO2S/c1-2-16(18)17-14-10-13(20)8-9-15(14)19-11-12-6-4-3-5-7-12/h2-10,20H,1,11H2,(H,17,18). The monoisotopic (exact) mass is 285 g/mol. The summed E-state index contributed by atoms with van der Waals surface area (Å²) < 4.78 is 5.74. The quantitative estimate of drug-likeness (QED) is 0.649. The minimum Gasteiger partial charge on any atom is -0.487 e. The largest absolute Gasteiger partial charge is 0.487 e. The first-order valence-corrected chi connectivity index (χ1v) is 6.57. The first-order valence-electron chi connectivity index (χ1n) is 6.12. The fourth-order valence-corrected chi connectivity index (χ4v) is 1.86. The van der Waals surface area contributed by atoms with Crippen LogP contribution in [0.3, 0.4) is 0 Å². The number of rotatable bonds is 5. The number of thiol groups is 1. The predicted molar refractivity (Wildman–Crippen MR) is 83.3 cm³/mol. The highest BCUT2D eigenvalue weighted by molar-refractivity contribution is 7.80. The normalized spacial score (nSPS) is 9.85. The zero-order valence-corrected chi connectivity index (χ0v) is 11.8. The van der Waals surface area contributed by atoms with Crippen LogP contribution in [0.25, 0.3) is 0 Å². The van der Waals surface area contributed by atoms with Gasteiger partial charge in [-0.3, -0.25) is 4.79 Å². The summed E-state index contributed by atoms with van der Waals surface area (Å²) in [6, 6.07) is 15.2. The van der Waals surface area contributed by atoms with Gasteiger partial charge in [-0.15, -0.1) is 12.6 Å². The topological polar surface area (TPSA) is 38.3 Å². The van der Waals surface area contributed by atoms with E-state index in [1.807, 2.05) is 36.4 Å². The lowest BCUT2D eigenvalue weighted by molar-refractivity contribution is -0.111. The second kappa shape index (κ2) is 6.82. The van der Waals surface area contributed by atoms with Gasteiger partial charge in [0.05, 0.1) is 5.69 Å². The minimum atomic E-state index is -0.284. The molecule has 0 aliphatic carbocycles. The Morgan fingerprint density at radius 3 is 2.70 bits per heavy atom. The molecule has 0 aliphatic heterocycles. The van der Waals surface area contributed by atoms with Gasteiger partial charge in [0.1, 0.15) is 12.4 Å². The molecule has 1 amide bonds. The van der Waals surface area contributed by atoms with Crippen molar-refractivity contribution in [2.45, 2.75) is 11.5 Å². The average Bonchev–Trinajstić information content (AvgIpc) is 2.47. The summed E-state index contributed by atoms with van der Waals surface area (Å²) >= 11 is 4.26. The fraction of sp³-hybridized carbons (Fsp3) is 0.0625. The van der Waals surface area contributed by atoms with Gasteiger partial charge in [-0.2, -0.15) is 0 Å². The van der Waals surface area contributed by atoms with Crippen LogP contribution in [0.2, 0.25) is 0 Å². The van der Waals surface area contributed by atoms with Crippen LogP contribution in [-0.4, -0.2) is 5.91 Å². The van der Waals surface area contributed by atoms with E-state index in [1.165, 1.54) is 6.08 Å². The van der Waals surface area contributed by atoms with Crippen molar-refractivity contribution < 1.29 is 9.53 Å². The number of nitrogens with one attached hydrogen (secondary N) is 1. The number of benzene rings is 2. The van der Waals surface area contributed by atoms with Crippen molar-refractivity contribution in [1.82, 2.24) is 0 Å². The number of carbonyl (C=O) groups excluding carboxylic acids is 1. The highest BCUT2D eigenvalue weighted by atomic mass is 32.1. The number of hydrogen-bond acceptors (Lipinski definition) is 3. The van der Waals surface area contributed by atoms with Crippen molar-refractivity contribution in [2.75, 3.05) is 5.32 Å². The van der Waals surface area contributed by atoms with Crippen molar-refractivity contribution in [3.8, 4) is 5.75 Å². The van der Waals surface area contributed by atoms with Crippen LogP contribution in [0.4, 0.5) is 5.69 Å². The van der Waals surface area contributed by atoms with Gasteiger partial charge in [0.15, 0.2) is 0 Å². The van der Waals surface area contributed by atoms with Crippen molar-refractivity contribution in [2.24, 2.45) is 0 Å². The Morgan fingerprint density at radius 1 is 1.25 bits per heavy atom. The highest BCUT2D eigenvalue weighted by Crippen LogP contribution is 2.28. The number of amides is 1. The van der Waals surface area contributed by atoms with Crippen LogP contribution in [0.5, 0.6) is 5.75 Å². The Labute approximate surface area is 123 Å². The van der Waals surface area contributed by atoms with Gasteiger partial charge in [0.2, 0.25) is 5.91 Å². The van der Waals surface area contributed by atoms with Gasteiger partial charge >= 0.3 is 0 Å². The van der Waals surface area contributed by atoms with Gasteiger partial charge in [-0.1, -0.05) is 36.9 Å². The van der Waals surface area contributed by atoms with E-state index in [2.05, 4.69) is 24.5 Å². The molecule has 0 saturated carbocycles. The minimum absolute atomic E-state index is 0.284. The molecule has 2 aromatic carbocycles. The molecule has 3 nitrogen and oxygen atoms in total. The third kappa shape index (κ3) is 3.90. The first-order chi connectivity index (χ1) is 9.69. The van der Waals surface area contributed by atoms with E-state index >= 15 is 0 Å². The Balaban J connectivity index is 2.14. The van der Waals surface area contributed by atoms with Crippen LogP contribution in [0.15, 0.2) is 66.1 Å². The van der Waals surface area contributed by atoms with Crippen LogP contribution in [-0.2, 0) is 11.4 Å². The second-order valence-electron chi connectivity index (χ2n) is 4.15. The van der Waals surface area contributed by atoms with Crippen LogP contribution in [0.1, 0.15) is 5.56 Å². The van der Waals surface area contributed by atoms with E-state index in [4.69, 9.17) is 4.74 Å².